The Hall–Kier alpha value is -3.76. The predicted octanol–water partition coefficient (Wildman–Crippen LogP) is 2.05. The molecule has 0 spiro atoms. The average molecular weight is 451 g/mol. The number of hydrogen-bond donors (Lipinski definition) is 3. The number of hydrogen-bond acceptors (Lipinski definition) is 10. The lowest BCUT2D eigenvalue weighted by molar-refractivity contribution is -0.138. The van der Waals surface area contributed by atoms with E-state index in [2.05, 4.69) is 25.4 Å². The fraction of sp³-hybridized carbons (Fsp3) is 0.429. The van der Waals surface area contributed by atoms with Gasteiger partial charge in [0, 0.05) is 13.1 Å². The lowest BCUT2D eigenvalue weighted by Crippen LogP contribution is -2.35. The molecule has 0 aliphatic rings. The zero-order valence-electron chi connectivity index (χ0n) is 19.0. The molecule has 0 saturated carbocycles. The van der Waals surface area contributed by atoms with Gasteiger partial charge in [0.1, 0.15) is 11.3 Å². The maximum absolute atomic E-state index is 12.1. The van der Waals surface area contributed by atoms with Gasteiger partial charge in [-0.1, -0.05) is 0 Å². The number of ether oxygens (including phenoxy) is 4. The van der Waals surface area contributed by atoms with Gasteiger partial charge in [-0.3, -0.25) is 0 Å². The minimum atomic E-state index is -0.823. The molecule has 0 radical (unpaired) electrons. The topological polar surface area (TPSA) is 141 Å². The lowest BCUT2D eigenvalue weighted by Gasteiger charge is -2.20. The smallest absolute Gasteiger partial charge is 0.407 e. The molecule has 1 amide bonds. The molecule has 0 heterocycles. The Bertz CT molecular complexity index is 874. The number of esters is 3. The molecule has 0 aliphatic heterocycles. The van der Waals surface area contributed by atoms with Crippen LogP contribution in [-0.4, -0.2) is 64.0 Å². The molecule has 3 N–H and O–H groups in total. The first-order valence-corrected chi connectivity index (χ1v) is 9.58. The van der Waals surface area contributed by atoms with Gasteiger partial charge in [-0.2, -0.15) is 0 Å². The number of anilines is 2. The molecule has 11 heteroatoms. The second-order valence-electron chi connectivity index (χ2n) is 7.31. The van der Waals surface area contributed by atoms with Crippen molar-refractivity contribution >= 4 is 35.4 Å². The number of carbonyl (C=O) groups excluding carboxylic acids is 4. The first kappa shape index (κ1) is 26.3. The monoisotopic (exact) mass is 451 g/mol. The Labute approximate surface area is 186 Å². The van der Waals surface area contributed by atoms with Crippen molar-refractivity contribution in [3.8, 4) is 0 Å². The first-order chi connectivity index (χ1) is 15.0. The van der Waals surface area contributed by atoms with E-state index in [0.29, 0.717) is 12.2 Å². The third-order valence-electron chi connectivity index (χ3n) is 3.69. The van der Waals surface area contributed by atoms with Crippen LogP contribution in [-0.2, 0) is 28.5 Å². The van der Waals surface area contributed by atoms with Gasteiger partial charge in [-0.15, -0.1) is 0 Å². The highest BCUT2D eigenvalue weighted by molar-refractivity contribution is 6.00. The van der Waals surface area contributed by atoms with Gasteiger partial charge in [-0.05, 0) is 39.0 Å². The number of carbonyl (C=O) groups is 4. The van der Waals surface area contributed by atoms with Gasteiger partial charge in [0.15, 0.2) is 0 Å². The average Bonchev–Trinajstić information content (AvgIpc) is 2.74. The quantitative estimate of drug-likeness (QED) is 0.221. The van der Waals surface area contributed by atoms with E-state index in [1.165, 1.54) is 19.2 Å². The number of nitrogens with one attached hydrogen (secondary N) is 3. The molecule has 32 heavy (non-hydrogen) atoms. The van der Waals surface area contributed by atoms with E-state index < -0.39 is 29.6 Å². The lowest BCUT2D eigenvalue weighted by atomic mass is 10.1. The Kier molecular flexibility index (Phi) is 10.0. The van der Waals surface area contributed by atoms with Crippen LogP contribution >= 0.6 is 0 Å². The summed E-state index contributed by atoms with van der Waals surface area (Å²) in [5.41, 5.74) is 0.134. The summed E-state index contributed by atoms with van der Waals surface area (Å²) >= 11 is 0. The minimum absolute atomic E-state index is 0.203. The molecule has 1 rings (SSSR count). The third-order valence-corrected chi connectivity index (χ3v) is 3.69. The summed E-state index contributed by atoms with van der Waals surface area (Å²) in [6.45, 7) is 5.79. The summed E-state index contributed by atoms with van der Waals surface area (Å²) in [6.07, 6.45) is 0.359. The van der Waals surface area contributed by atoms with Crippen molar-refractivity contribution in [2.75, 3.05) is 45.1 Å². The van der Waals surface area contributed by atoms with E-state index in [1.807, 2.05) is 0 Å². The molecule has 0 aliphatic carbocycles. The van der Waals surface area contributed by atoms with Crippen molar-refractivity contribution in [1.29, 1.82) is 0 Å². The van der Waals surface area contributed by atoms with Crippen LogP contribution in [0.15, 0.2) is 30.0 Å². The van der Waals surface area contributed by atoms with Crippen LogP contribution in [0.4, 0.5) is 16.2 Å². The standard InChI is InChI=1S/C21H29N3O8/c1-21(2,3)32-20(28)23-10-9-22-14-8-7-13(18(26)30-5)11-15(14)24-16(19(27)31-6)12-17(25)29-4/h7-8,11-12,22,24H,9-10H2,1-6H3,(H,23,28)/b16-12+. The molecule has 0 atom stereocenters. The zero-order valence-corrected chi connectivity index (χ0v) is 19.0. The maximum Gasteiger partial charge on any atom is 0.407 e. The second kappa shape index (κ2) is 12.2. The Morgan fingerprint density at radius 1 is 0.938 bits per heavy atom. The first-order valence-electron chi connectivity index (χ1n) is 9.58. The number of alkyl carbamates (subject to hydrolysis) is 1. The highest BCUT2D eigenvalue weighted by atomic mass is 16.6. The Morgan fingerprint density at radius 2 is 1.62 bits per heavy atom. The van der Waals surface area contributed by atoms with Crippen LogP contribution in [0.25, 0.3) is 0 Å². The van der Waals surface area contributed by atoms with E-state index in [9.17, 15) is 19.2 Å². The van der Waals surface area contributed by atoms with Crippen LogP contribution in [0.1, 0.15) is 31.1 Å². The predicted molar refractivity (Wildman–Crippen MR) is 116 cm³/mol. The van der Waals surface area contributed by atoms with Gasteiger partial charge in [0.25, 0.3) is 0 Å². The van der Waals surface area contributed by atoms with Crippen LogP contribution in [0.3, 0.4) is 0 Å². The van der Waals surface area contributed by atoms with Crippen LogP contribution in [0, 0.1) is 0 Å². The molecule has 0 bridgehead atoms. The summed E-state index contributed by atoms with van der Waals surface area (Å²) < 4.78 is 19.1. The van der Waals surface area contributed by atoms with Crippen molar-refractivity contribution in [1.82, 2.24) is 5.32 Å². The van der Waals surface area contributed by atoms with Crippen LogP contribution < -0.4 is 16.0 Å². The summed E-state index contributed by atoms with van der Waals surface area (Å²) in [7, 11) is 3.55. The molecule has 1 aromatic carbocycles. The van der Waals surface area contributed by atoms with Crippen LogP contribution in [0.5, 0.6) is 0 Å². The van der Waals surface area contributed by atoms with E-state index >= 15 is 0 Å². The second-order valence-corrected chi connectivity index (χ2v) is 7.31. The van der Waals surface area contributed by atoms with E-state index in [1.54, 1.807) is 26.8 Å². The van der Waals surface area contributed by atoms with E-state index in [-0.39, 0.29) is 23.5 Å². The van der Waals surface area contributed by atoms with E-state index in [4.69, 9.17) is 9.47 Å². The molecule has 11 nitrogen and oxygen atoms in total. The normalized spacial score (nSPS) is 11.1. The zero-order chi connectivity index (χ0) is 24.3. The summed E-state index contributed by atoms with van der Waals surface area (Å²) in [6, 6.07) is 4.53. The molecule has 1 aromatic rings. The van der Waals surface area contributed by atoms with Gasteiger partial charge in [-0.25, -0.2) is 19.2 Å². The molecule has 176 valence electrons. The number of methoxy groups -OCH3 is 3. The fourth-order valence-corrected chi connectivity index (χ4v) is 2.30. The summed E-state index contributed by atoms with van der Waals surface area (Å²) in [4.78, 5) is 47.4. The van der Waals surface area contributed by atoms with Crippen molar-refractivity contribution in [3.63, 3.8) is 0 Å². The van der Waals surface area contributed by atoms with Crippen molar-refractivity contribution in [2.45, 2.75) is 26.4 Å². The van der Waals surface area contributed by atoms with Crippen LogP contribution in [0.2, 0.25) is 0 Å². The van der Waals surface area contributed by atoms with E-state index in [0.717, 1.165) is 20.3 Å². The number of amides is 1. The fourth-order valence-electron chi connectivity index (χ4n) is 2.30. The molecule has 0 fully saturated rings. The molecule has 0 unspecified atom stereocenters. The summed E-state index contributed by atoms with van der Waals surface area (Å²) in [5.74, 6) is -2.20. The van der Waals surface area contributed by atoms with Gasteiger partial charge >= 0.3 is 24.0 Å². The van der Waals surface area contributed by atoms with Gasteiger partial charge < -0.3 is 34.9 Å². The van der Waals surface area contributed by atoms with Crippen molar-refractivity contribution in [2.24, 2.45) is 0 Å². The third kappa shape index (κ3) is 8.94. The highest BCUT2D eigenvalue weighted by Crippen LogP contribution is 2.25. The molecule has 0 saturated heterocycles. The largest absolute Gasteiger partial charge is 0.466 e. The number of rotatable bonds is 9. The van der Waals surface area contributed by atoms with Crippen molar-refractivity contribution in [3.05, 3.63) is 35.5 Å². The SMILES string of the molecule is COC(=O)/C=C(/Nc1cc(C(=O)OC)ccc1NCCNC(=O)OC(C)(C)C)C(=O)OC. The van der Waals surface area contributed by atoms with Gasteiger partial charge in [0.05, 0.1) is 44.3 Å². The minimum Gasteiger partial charge on any atom is -0.466 e. The highest BCUT2D eigenvalue weighted by Gasteiger charge is 2.18. The number of benzene rings is 1. The Morgan fingerprint density at radius 3 is 2.19 bits per heavy atom. The maximum atomic E-state index is 12.1. The summed E-state index contributed by atoms with van der Waals surface area (Å²) in [5, 5.41) is 8.44. The van der Waals surface area contributed by atoms with Crippen molar-refractivity contribution < 1.29 is 38.1 Å². The molecular weight excluding hydrogens is 422 g/mol. The molecule has 0 aromatic heterocycles. The Balaban J connectivity index is 3.05. The molecular formula is C21H29N3O8. The van der Waals surface area contributed by atoms with Gasteiger partial charge in [0.2, 0.25) is 0 Å².